The Labute approximate surface area is 92.0 Å². The molecule has 1 saturated heterocycles. The molecule has 2 rings (SSSR count). The summed E-state index contributed by atoms with van der Waals surface area (Å²) in [4.78, 5) is 11.9. The summed E-state index contributed by atoms with van der Waals surface area (Å²) >= 11 is 0. The van der Waals surface area contributed by atoms with Crippen molar-refractivity contribution in [2.24, 2.45) is 5.92 Å². The molecular weight excluding hydrogens is 188 g/mol. The normalized spacial score (nSPS) is 29.3. The number of carbonyl (C=O) groups excluding carboxylic acids is 1. The third-order valence-electron chi connectivity index (χ3n) is 3.58. The van der Waals surface area contributed by atoms with Crippen molar-refractivity contribution in [1.29, 1.82) is 0 Å². The maximum Gasteiger partial charge on any atom is 0.237 e. The summed E-state index contributed by atoms with van der Waals surface area (Å²) in [5, 5.41) is 6.47. The van der Waals surface area contributed by atoms with Gasteiger partial charge in [-0.25, -0.2) is 0 Å². The van der Waals surface area contributed by atoms with E-state index in [1.807, 2.05) is 0 Å². The van der Waals surface area contributed by atoms with E-state index < -0.39 is 0 Å². The molecule has 1 amide bonds. The molecule has 0 aromatic carbocycles. The molecule has 2 N–H and O–H groups in total. The fourth-order valence-corrected chi connectivity index (χ4v) is 2.29. The van der Waals surface area contributed by atoms with Gasteiger partial charge in [0.05, 0.1) is 6.04 Å². The summed E-state index contributed by atoms with van der Waals surface area (Å²) < 4.78 is 0. The molecule has 2 fully saturated rings. The highest BCUT2D eigenvalue weighted by atomic mass is 16.2. The maximum absolute atomic E-state index is 11.9. The van der Waals surface area contributed by atoms with Crippen LogP contribution in [0.15, 0.2) is 0 Å². The van der Waals surface area contributed by atoms with Gasteiger partial charge in [0.2, 0.25) is 5.91 Å². The first kappa shape index (κ1) is 10.9. The number of hydrogen-bond acceptors (Lipinski definition) is 2. The molecule has 2 aliphatic rings. The lowest BCUT2D eigenvalue weighted by molar-refractivity contribution is -0.124. The lowest BCUT2D eigenvalue weighted by Gasteiger charge is -2.19. The molecule has 3 nitrogen and oxygen atoms in total. The number of rotatable bonds is 3. The molecule has 0 aromatic heterocycles. The Hall–Kier alpha value is -0.570. The number of hydrogen-bond donors (Lipinski definition) is 2. The molecule has 3 heteroatoms. The van der Waals surface area contributed by atoms with Crippen molar-refractivity contribution in [2.75, 3.05) is 6.54 Å². The summed E-state index contributed by atoms with van der Waals surface area (Å²) in [5.41, 5.74) is 0. The van der Waals surface area contributed by atoms with E-state index in [1.165, 1.54) is 32.1 Å². The number of nitrogens with one attached hydrogen (secondary N) is 2. The summed E-state index contributed by atoms with van der Waals surface area (Å²) in [7, 11) is 0. The highest BCUT2D eigenvalue weighted by Crippen LogP contribution is 2.32. The van der Waals surface area contributed by atoms with Crippen LogP contribution in [0.1, 0.15) is 45.4 Å². The van der Waals surface area contributed by atoms with Crippen molar-refractivity contribution in [2.45, 2.75) is 57.5 Å². The van der Waals surface area contributed by atoms with Crippen LogP contribution in [0.5, 0.6) is 0 Å². The fourth-order valence-electron chi connectivity index (χ4n) is 2.29. The molecule has 0 bridgehead atoms. The Bertz CT molecular complexity index is 218. The molecule has 0 spiro atoms. The van der Waals surface area contributed by atoms with Gasteiger partial charge in [-0.05, 0) is 45.1 Å². The average molecular weight is 210 g/mol. The predicted molar refractivity (Wildman–Crippen MR) is 60.6 cm³/mol. The van der Waals surface area contributed by atoms with Crippen LogP contribution in [0.4, 0.5) is 0 Å². The molecule has 2 unspecified atom stereocenters. The predicted octanol–water partition coefficient (Wildman–Crippen LogP) is 1.43. The topological polar surface area (TPSA) is 41.1 Å². The Morgan fingerprint density at radius 1 is 1.27 bits per heavy atom. The van der Waals surface area contributed by atoms with Crippen molar-refractivity contribution in [3.63, 3.8) is 0 Å². The van der Waals surface area contributed by atoms with Gasteiger partial charge in [0.15, 0.2) is 0 Å². The van der Waals surface area contributed by atoms with E-state index in [4.69, 9.17) is 0 Å². The minimum Gasteiger partial charge on any atom is -0.352 e. The van der Waals surface area contributed by atoms with Gasteiger partial charge in [-0.15, -0.1) is 0 Å². The van der Waals surface area contributed by atoms with Crippen LogP contribution in [0.3, 0.4) is 0 Å². The number of carbonyl (C=O) groups is 1. The second kappa shape index (κ2) is 4.97. The van der Waals surface area contributed by atoms with Gasteiger partial charge in [-0.3, -0.25) is 4.79 Å². The molecule has 15 heavy (non-hydrogen) atoms. The van der Waals surface area contributed by atoms with Crippen LogP contribution in [0, 0.1) is 5.92 Å². The van der Waals surface area contributed by atoms with Gasteiger partial charge in [0.25, 0.3) is 0 Å². The monoisotopic (exact) mass is 210 g/mol. The van der Waals surface area contributed by atoms with Crippen LogP contribution in [0.2, 0.25) is 0 Å². The molecular formula is C12H22N2O. The first-order valence-corrected chi connectivity index (χ1v) is 6.31. The smallest absolute Gasteiger partial charge is 0.237 e. The zero-order valence-corrected chi connectivity index (χ0v) is 9.59. The first-order valence-electron chi connectivity index (χ1n) is 6.31. The van der Waals surface area contributed by atoms with E-state index in [-0.39, 0.29) is 11.9 Å². The molecule has 86 valence electrons. The van der Waals surface area contributed by atoms with Crippen molar-refractivity contribution >= 4 is 5.91 Å². The molecule has 0 radical (unpaired) electrons. The summed E-state index contributed by atoms with van der Waals surface area (Å²) in [6.07, 6.45) is 7.24. The largest absolute Gasteiger partial charge is 0.352 e. The van der Waals surface area contributed by atoms with Crippen LogP contribution in [-0.2, 0) is 4.79 Å². The second-order valence-electron chi connectivity index (χ2n) is 4.99. The minimum absolute atomic E-state index is 0.0636. The van der Waals surface area contributed by atoms with Crippen molar-refractivity contribution in [1.82, 2.24) is 10.6 Å². The van der Waals surface area contributed by atoms with Crippen LogP contribution in [-0.4, -0.2) is 24.5 Å². The molecule has 1 saturated carbocycles. The van der Waals surface area contributed by atoms with Gasteiger partial charge in [-0.2, -0.15) is 0 Å². The summed E-state index contributed by atoms with van der Waals surface area (Å²) in [5.74, 6) is 0.969. The molecule has 0 aromatic rings. The number of amides is 1. The van der Waals surface area contributed by atoms with E-state index in [1.54, 1.807) is 0 Å². The van der Waals surface area contributed by atoms with Crippen LogP contribution in [0.25, 0.3) is 0 Å². The molecule has 1 heterocycles. The van der Waals surface area contributed by atoms with Gasteiger partial charge >= 0.3 is 0 Å². The van der Waals surface area contributed by atoms with E-state index in [2.05, 4.69) is 17.6 Å². The highest BCUT2D eigenvalue weighted by Gasteiger charge is 2.30. The molecule has 1 aliphatic carbocycles. The minimum atomic E-state index is 0.0636. The van der Waals surface area contributed by atoms with E-state index in [0.29, 0.717) is 6.04 Å². The maximum atomic E-state index is 11.9. The lowest BCUT2D eigenvalue weighted by atomic mass is 10.1. The van der Waals surface area contributed by atoms with Gasteiger partial charge in [-0.1, -0.05) is 12.8 Å². The molecule has 1 aliphatic heterocycles. The van der Waals surface area contributed by atoms with E-state index in [9.17, 15) is 4.79 Å². The highest BCUT2D eigenvalue weighted by molar-refractivity contribution is 5.82. The van der Waals surface area contributed by atoms with E-state index >= 15 is 0 Å². The van der Waals surface area contributed by atoms with Crippen molar-refractivity contribution in [3.05, 3.63) is 0 Å². The Morgan fingerprint density at radius 3 is 2.80 bits per heavy atom. The first-order chi connectivity index (χ1) is 7.27. The lowest BCUT2D eigenvalue weighted by Crippen LogP contribution is -2.47. The van der Waals surface area contributed by atoms with Gasteiger partial charge < -0.3 is 10.6 Å². The van der Waals surface area contributed by atoms with Crippen LogP contribution >= 0.6 is 0 Å². The van der Waals surface area contributed by atoms with Gasteiger partial charge in [0.1, 0.15) is 0 Å². The molecule has 2 atom stereocenters. The zero-order valence-electron chi connectivity index (χ0n) is 9.59. The Kier molecular flexibility index (Phi) is 3.62. The average Bonchev–Trinajstić information content (AvgIpc) is 3.05. The standard InChI is InChI=1S/C12H22N2O/c1-9(10-6-7-10)14-12(15)11-5-3-2-4-8-13-11/h9-11,13H,2-8H2,1H3,(H,14,15). The van der Waals surface area contributed by atoms with Crippen molar-refractivity contribution < 1.29 is 4.79 Å². The second-order valence-corrected chi connectivity index (χ2v) is 4.99. The third-order valence-corrected chi connectivity index (χ3v) is 3.58. The summed E-state index contributed by atoms with van der Waals surface area (Å²) in [6.45, 7) is 3.13. The van der Waals surface area contributed by atoms with Crippen molar-refractivity contribution in [3.8, 4) is 0 Å². The van der Waals surface area contributed by atoms with E-state index in [0.717, 1.165) is 18.9 Å². The quantitative estimate of drug-likeness (QED) is 0.740. The fraction of sp³-hybridized carbons (Fsp3) is 0.917. The van der Waals surface area contributed by atoms with Crippen LogP contribution < -0.4 is 10.6 Å². The summed E-state index contributed by atoms with van der Waals surface area (Å²) in [6, 6.07) is 0.441. The van der Waals surface area contributed by atoms with Gasteiger partial charge in [0, 0.05) is 6.04 Å². The Balaban J connectivity index is 1.77. The zero-order chi connectivity index (χ0) is 10.7. The third kappa shape index (κ3) is 3.20. The SMILES string of the molecule is CC(NC(=O)C1CCCCCN1)C1CC1. The Morgan fingerprint density at radius 2 is 2.07 bits per heavy atom.